The third-order valence-corrected chi connectivity index (χ3v) is 4.02. The number of ether oxygens (including phenoxy) is 1. The van der Waals surface area contributed by atoms with Crippen molar-refractivity contribution in [2.45, 2.75) is 32.1 Å². The van der Waals surface area contributed by atoms with Gasteiger partial charge in [-0.25, -0.2) is 9.18 Å². The molecule has 0 aliphatic carbocycles. The van der Waals surface area contributed by atoms with Crippen LogP contribution in [0, 0.1) is 12.7 Å². The molecule has 7 nitrogen and oxygen atoms in total. The number of halogens is 1. The van der Waals surface area contributed by atoms with E-state index in [0.29, 0.717) is 18.4 Å². The van der Waals surface area contributed by atoms with Crippen LogP contribution in [0.3, 0.4) is 0 Å². The second-order valence-corrected chi connectivity index (χ2v) is 5.92. The molecular weight excluding hydrogens is 329 g/mol. The molecule has 2 N–H and O–H groups in total. The highest BCUT2D eigenvalue weighted by Crippen LogP contribution is 2.27. The molecular formula is C17H18FN3O4. The predicted octanol–water partition coefficient (Wildman–Crippen LogP) is 1.61. The highest BCUT2D eigenvalue weighted by molar-refractivity contribution is 6.03. The molecule has 1 aliphatic heterocycles. The molecule has 1 saturated heterocycles. The van der Waals surface area contributed by atoms with E-state index in [9.17, 15) is 14.0 Å². The molecule has 132 valence electrons. The quantitative estimate of drug-likeness (QED) is 0.876. The molecule has 1 aromatic heterocycles. The first-order valence-corrected chi connectivity index (χ1v) is 7.91. The lowest BCUT2D eigenvalue weighted by atomic mass is 10.1. The zero-order valence-corrected chi connectivity index (χ0v) is 13.6. The third kappa shape index (κ3) is 3.75. The number of aryl methyl sites for hydroxylation is 1. The van der Waals surface area contributed by atoms with E-state index in [-0.39, 0.29) is 12.7 Å². The number of anilines is 1. The Hall–Kier alpha value is -2.58. The van der Waals surface area contributed by atoms with Gasteiger partial charge in [0.15, 0.2) is 11.6 Å². The molecule has 1 amide bonds. The van der Waals surface area contributed by atoms with Crippen molar-refractivity contribution in [2.24, 2.45) is 0 Å². The van der Waals surface area contributed by atoms with Crippen LogP contribution in [-0.4, -0.2) is 33.3 Å². The van der Waals surface area contributed by atoms with Gasteiger partial charge in [-0.15, -0.1) is 0 Å². The monoisotopic (exact) mass is 347 g/mol. The first kappa shape index (κ1) is 17.2. The van der Waals surface area contributed by atoms with Gasteiger partial charge in [-0.1, -0.05) is 17.7 Å². The summed E-state index contributed by atoms with van der Waals surface area (Å²) >= 11 is 0. The van der Waals surface area contributed by atoms with E-state index in [4.69, 9.17) is 9.84 Å². The average molecular weight is 347 g/mol. The Kier molecular flexibility index (Phi) is 4.91. The summed E-state index contributed by atoms with van der Waals surface area (Å²) in [7, 11) is 0. The Morgan fingerprint density at radius 1 is 1.48 bits per heavy atom. The molecule has 1 aromatic carbocycles. The fourth-order valence-electron chi connectivity index (χ4n) is 2.73. The maximum absolute atomic E-state index is 14.3. The summed E-state index contributed by atoms with van der Waals surface area (Å²) < 4.78 is 20.8. The molecule has 3 rings (SSSR count). The van der Waals surface area contributed by atoms with Gasteiger partial charge in [0.25, 0.3) is 5.91 Å². The predicted molar refractivity (Wildman–Crippen MR) is 87.8 cm³/mol. The van der Waals surface area contributed by atoms with Gasteiger partial charge in [-0.3, -0.25) is 9.36 Å². The summed E-state index contributed by atoms with van der Waals surface area (Å²) in [5, 5.41) is 11.4. The SMILES string of the molecule is Cc1cccc(C(=O)Nc2nc(=O)n(C3CCC(CO)O3)cc2F)c1. The first-order valence-electron chi connectivity index (χ1n) is 7.91. The number of amides is 1. The fraction of sp³-hybridized carbons (Fsp3) is 0.353. The minimum absolute atomic E-state index is 0.161. The van der Waals surface area contributed by atoms with Crippen LogP contribution in [0.25, 0.3) is 0 Å². The van der Waals surface area contributed by atoms with E-state index in [1.54, 1.807) is 18.2 Å². The van der Waals surface area contributed by atoms with E-state index < -0.39 is 29.5 Å². The zero-order chi connectivity index (χ0) is 18.0. The number of rotatable bonds is 4. The molecule has 2 atom stereocenters. The number of nitrogens with zero attached hydrogens (tertiary/aromatic N) is 2. The van der Waals surface area contributed by atoms with E-state index in [2.05, 4.69) is 10.3 Å². The Morgan fingerprint density at radius 3 is 2.96 bits per heavy atom. The molecule has 1 aliphatic rings. The number of aromatic nitrogens is 2. The number of aliphatic hydroxyl groups is 1. The van der Waals surface area contributed by atoms with Crippen LogP contribution >= 0.6 is 0 Å². The van der Waals surface area contributed by atoms with Crippen LogP contribution in [-0.2, 0) is 4.74 Å². The number of hydrogen-bond donors (Lipinski definition) is 2. The number of carbonyl (C=O) groups is 1. The molecule has 2 aromatic rings. The van der Waals surface area contributed by atoms with Crippen molar-refractivity contribution in [3.05, 3.63) is 57.9 Å². The van der Waals surface area contributed by atoms with Gasteiger partial charge in [0.1, 0.15) is 6.23 Å². The standard InChI is InChI=1S/C17H18FN3O4/c1-10-3-2-4-11(7-10)16(23)19-15-13(18)8-21(17(24)20-15)14-6-5-12(9-22)25-14/h2-4,7-8,12,14,22H,5-6,9H2,1H3,(H,19,20,23,24). The number of aliphatic hydroxyl groups excluding tert-OH is 1. The zero-order valence-electron chi connectivity index (χ0n) is 13.6. The summed E-state index contributed by atoms with van der Waals surface area (Å²) in [6.07, 6.45) is 0.960. The highest BCUT2D eigenvalue weighted by Gasteiger charge is 2.27. The number of benzene rings is 1. The topological polar surface area (TPSA) is 93.5 Å². The summed E-state index contributed by atoms with van der Waals surface area (Å²) in [6.45, 7) is 1.67. The van der Waals surface area contributed by atoms with E-state index in [1.165, 1.54) is 0 Å². The van der Waals surface area contributed by atoms with E-state index >= 15 is 0 Å². The molecule has 0 spiro atoms. The van der Waals surface area contributed by atoms with Crippen molar-refractivity contribution in [1.29, 1.82) is 0 Å². The number of hydrogen-bond acceptors (Lipinski definition) is 5. The fourth-order valence-corrected chi connectivity index (χ4v) is 2.73. The van der Waals surface area contributed by atoms with Gasteiger partial charge in [0.2, 0.25) is 0 Å². The Bertz CT molecular complexity index is 852. The normalized spacial score (nSPS) is 19.8. The van der Waals surface area contributed by atoms with Gasteiger partial charge in [0.05, 0.1) is 18.9 Å². The lowest BCUT2D eigenvalue weighted by Crippen LogP contribution is -2.30. The molecule has 0 bridgehead atoms. The Labute approximate surface area is 143 Å². The van der Waals surface area contributed by atoms with Crippen LogP contribution < -0.4 is 11.0 Å². The first-order chi connectivity index (χ1) is 12.0. The van der Waals surface area contributed by atoms with Gasteiger partial charge in [-0.05, 0) is 31.9 Å². The molecule has 8 heteroatoms. The maximum atomic E-state index is 14.3. The molecule has 0 saturated carbocycles. The molecule has 2 unspecified atom stereocenters. The average Bonchev–Trinajstić information content (AvgIpc) is 3.06. The summed E-state index contributed by atoms with van der Waals surface area (Å²) in [5.41, 5.74) is 0.494. The molecule has 2 heterocycles. The van der Waals surface area contributed by atoms with Crippen LogP contribution in [0.4, 0.5) is 10.2 Å². The van der Waals surface area contributed by atoms with Gasteiger partial charge < -0.3 is 15.2 Å². The second-order valence-electron chi connectivity index (χ2n) is 5.92. The Morgan fingerprint density at radius 2 is 2.28 bits per heavy atom. The van der Waals surface area contributed by atoms with Crippen molar-refractivity contribution >= 4 is 11.7 Å². The minimum atomic E-state index is -0.836. The summed E-state index contributed by atoms with van der Waals surface area (Å²) in [4.78, 5) is 27.9. The van der Waals surface area contributed by atoms with Crippen molar-refractivity contribution in [2.75, 3.05) is 11.9 Å². The lowest BCUT2D eigenvalue weighted by molar-refractivity contribution is -0.0249. The maximum Gasteiger partial charge on any atom is 0.351 e. The van der Waals surface area contributed by atoms with Gasteiger partial charge in [-0.2, -0.15) is 4.98 Å². The van der Waals surface area contributed by atoms with E-state index in [0.717, 1.165) is 16.3 Å². The van der Waals surface area contributed by atoms with E-state index in [1.807, 2.05) is 13.0 Å². The Balaban J connectivity index is 1.81. The van der Waals surface area contributed by atoms with Crippen molar-refractivity contribution < 1.29 is 19.0 Å². The van der Waals surface area contributed by atoms with Crippen molar-refractivity contribution in [3.63, 3.8) is 0 Å². The van der Waals surface area contributed by atoms with Crippen LogP contribution in [0.5, 0.6) is 0 Å². The number of nitrogens with one attached hydrogen (secondary N) is 1. The molecule has 0 radical (unpaired) electrons. The second kappa shape index (κ2) is 7.12. The molecule has 1 fully saturated rings. The lowest BCUT2D eigenvalue weighted by Gasteiger charge is -2.15. The van der Waals surface area contributed by atoms with Crippen LogP contribution in [0.1, 0.15) is 35.0 Å². The smallest absolute Gasteiger partial charge is 0.351 e. The number of carbonyl (C=O) groups excluding carboxylic acids is 1. The minimum Gasteiger partial charge on any atom is -0.394 e. The van der Waals surface area contributed by atoms with Crippen LogP contribution in [0.2, 0.25) is 0 Å². The molecule has 25 heavy (non-hydrogen) atoms. The van der Waals surface area contributed by atoms with Crippen molar-refractivity contribution in [1.82, 2.24) is 9.55 Å². The van der Waals surface area contributed by atoms with Gasteiger partial charge in [0, 0.05) is 5.56 Å². The highest BCUT2D eigenvalue weighted by atomic mass is 19.1. The van der Waals surface area contributed by atoms with Crippen LogP contribution in [0.15, 0.2) is 35.3 Å². The van der Waals surface area contributed by atoms with Crippen molar-refractivity contribution in [3.8, 4) is 0 Å². The summed E-state index contributed by atoms with van der Waals surface area (Å²) in [5.74, 6) is -1.81. The third-order valence-electron chi connectivity index (χ3n) is 4.02. The summed E-state index contributed by atoms with van der Waals surface area (Å²) in [6, 6.07) is 6.78. The largest absolute Gasteiger partial charge is 0.394 e. The van der Waals surface area contributed by atoms with Gasteiger partial charge >= 0.3 is 5.69 Å².